The van der Waals surface area contributed by atoms with Gasteiger partial charge in [-0.25, -0.2) is 0 Å². The fourth-order valence-corrected chi connectivity index (χ4v) is 8.40. The molecule has 2 heterocycles. The first-order chi connectivity index (χ1) is 25.3. The Labute approximate surface area is 293 Å². The Morgan fingerprint density at radius 3 is 1.67 bits per heavy atom. The first kappa shape index (κ1) is 28.0. The lowest BCUT2D eigenvalue weighted by atomic mass is 10.00. The molecule has 238 valence electrons. The largest absolute Gasteiger partial charge is 0.453 e. The summed E-state index contributed by atoms with van der Waals surface area (Å²) in [5.74, 6) is 1.65. The van der Waals surface area contributed by atoms with Gasteiger partial charge in [-0.2, -0.15) is 0 Å². The van der Waals surface area contributed by atoms with Crippen LogP contribution in [0.25, 0.3) is 27.5 Å². The minimum Gasteiger partial charge on any atom is -0.453 e. The summed E-state index contributed by atoms with van der Waals surface area (Å²) in [4.78, 5) is 2.30. The van der Waals surface area contributed by atoms with Crippen molar-refractivity contribution in [2.45, 2.75) is 0 Å². The monoisotopic (exact) mass is 650 g/mol. The van der Waals surface area contributed by atoms with Gasteiger partial charge in [0.15, 0.2) is 11.5 Å². The van der Waals surface area contributed by atoms with Crippen LogP contribution in [-0.4, -0.2) is 4.57 Å². The lowest BCUT2D eigenvalue weighted by molar-refractivity contribution is 0.477. The van der Waals surface area contributed by atoms with E-state index < -0.39 is 0 Å². The van der Waals surface area contributed by atoms with Gasteiger partial charge in [-0.3, -0.25) is 0 Å². The molecule has 3 nitrogen and oxygen atoms in total. The molecule has 2 aliphatic rings. The molecular weight excluding hydrogens is 621 g/mol. The Balaban J connectivity index is 1.34. The van der Waals surface area contributed by atoms with Gasteiger partial charge in [0.05, 0.1) is 28.1 Å². The second kappa shape index (κ2) is 10.8. The smallest absolute Gasteiger partial charge is 0.153 e. The molecule has 1 aliphatic carbocycles. The fourth-order valence-electron chi connectivity index (χ4n) is 8.40. The number of fused-ring (bicyclic) bond motifs is 10. The molecule has 0 radical (unpaired) electrons. The molecule has 3 heteroatoms. The maximum absolute atomic E-state index is 6.73. The van der Waals surface area contributed by atoms with Crippen LogP contribution < -0.4 is 9.64 Å². The van der Waals surface area contributed by atoms with Crippen LogP contribution >= 0.6 is 0 Å². The first-order valence-electron chi connectivity index (χ1n) is 17.4. The third kappa shape index (κ3) is 4.06. The summed E-state index contributed by atoms with van der Waals surface area (Å²) in [6.45, 7) is 0. The van der Waals surface area contributed by atoms with Gasteiger partial charge in [0.25, 0.3) is 0 Å². The molecule has 1 aliphatic heterocycles. The lowest BCUT2D eigenvalue weighted by Gasteiger charge is -2.33. The molecule has 51 heavy (non-hydrogen) atoms. The van der Waals surface area contributed by atoms with Crippen molar-refractivity contribution in [2.24, 2.45) is 0 Å². The van der Waals surface area contributed by atoms with E-state index in [-0.39, 0.29) is 0 Å². The van der Waals surface area contributed by atoms with E-state index >= 15 is 0 Å². The van der Waals surface area contributed by atoms with Crippen molar-refractivity contribution >= 4 is 38.9 Å². The van der Waals surface area contributed by atoms with Crippen molar-refractivity contribution in [1.29, 1.82) is 0 Å². The Hall–Kier alpha value is -6.84. The SMILES string of the molecule is c1ccc(N2c3ccccc3Oc3cc(-n4c5ccccc5c5ccc6c(c54)=c4ccccc4=c4ccccc4=c4ccccc4=6)ccc32)cc1. The van der Waals surface area contributed by atoms with Crippen molar-refractivity contribution in [3.05, 3.63) is 224 Å². The van der Waals surface area contributed by atoms with Crippen LogP contribution in [0.1, 0.15) is 0 Å². The maximum atomic E-state index is 6.73. The zero-order valence-corrected chi connectivity index (χ0v) is 27.6. The van der Waals surface area contributed by atoms with Crippen LogP contribution in [0.5, 0.6) is 11.5 Å². The zero-order valence-electron chi connectivity index (χ0n) is 27.6. The van der Waals surface area contributed by atoms with E-state index in [1.54, 1.807) is 0 Å². The van der Waals surface area contributed by atoms with Gasteiger partial charge in [0.1, 0.15) is 0 Å². The number of rotatable bonds is 2. The Morgan fingerprint density at radius 1 is 0.353 bits per heavy atom. The van der Waals surface area contributed by atoms with Crippen molar-refractivity contribution in [3.63, 3.8) is 0 Å². The van der Waals surface area contributed by atoms with E-state index in [2.05, 4.69) is 185 Å². The topological polar surface area (TPSA) is 17.4 Å². The van der Waals surface area contributed by atoms with Crippen molar-refractivity contribution < 1.29 is 4.74 Å². The van der Waals surface area contributed by atoms with Gasteiger partial charge in [0.2, 0.25) is 0 Å². The average molecular weight is 651 g/mol. The Morgan fingerprint density at radius 2 is 0.922 bits per heavy atom. The van der Waals surface area contributed by atoms with Crippen LogP contribution in [0.15, 0.2) is 182 Å². The van der Waals surface area contributed by atoms with Crippen molar-refractivity contribution in [3.8, 4) is 17.2 Å². The molecule has 8 aromatic carbocycles. The standard InChI is InChI=1S/C48H30N2O/c1-2-14-31(15-3-1)49-43-24-12-13-25-45(43)51-46-30-32(26-29-44(46)49)50-42-23-11-10-21-38(42)41-28-27-40-37-20-7-6-18-35(37)33-16-4-5-17-34(33)36-19-8-9-22-39(36)47(40)48(41)50/h1-30H. The van der Waals surface area contributed by atoms with E-state index in [9.17, 15) is 0 Å². The molecule has 9 aromatic rings. The minimum atomic E-state index is 0.819. The highest BCUT2D eigenvalue weighted by Crippen LogP contribution is 2.51. The van der Waals surface area contributed by atoms with Gasteiger partial charge in [0, 0.05) is 27.7 Å². The van der Waals surface area contributed by atoms with Crippen molar-refractivity contribution in [2.75, 3.05) is 4.90 Å². The van der Waals surface area contributed by atoms with Crippen molar-refractivity contribution in [1.82, 2.24) is 4.57 Å². The van der Waals surface area contributed by atoms with Gasteiger partial charge in [-0.15, -0.1) is 0 Å². The molecule has 0 atom stereocenters. The molecule has 0 bridgehead atoms. The maximum Gasteiger partial charge on any atom is 0.153 e. The molecule has 0 unspecified atom stereocenters. The molecule has 0 spiro atoms. The number of aromatic nitrogens is 1. The summed E-state index contributed by atoms with van der Waals surface area (Å²) in [7, 11) is 0. The summed E-state index contributed by atoms with van der Waals surface area (Å²) >= 11 is 0. The summed E-state index contributed by atoms with van der Waals surface area (Å²) in [6, 6.07) is 65.5. The normalized spacial score (nSPS) is 12.4. The fraction of sp³-hybridized carbons (Fsp3) is 0. The summed E-state index contributed by atoms with van der Waals surface area (Å²) in [5, 5.41) is 12.3. The number of para-hydroxylation sites is 4. The van der Waals surface area contributed by atoms with E-state index in [0.717, 1.165) is 39.8 Å². The van der Waals surface area contributed by atoms with E-state index in [4.69, 9.17) is 4.74 Å². The van der Waals surface area contributed by atoms with Crippen LogP contribution in [-0.2, 0) is 0 Å². The molecule has 0 N–H and O–H groups in total. The molecule has 1 aromatic heterocycles. The molecule has 0 saturated carbocycles. The highest BCUT2D eigenvalue weighted by molar-refractivity contribution is 6.09. The van der Waals surface area contributed by atoms with Crippen LogP contribution in [0.2, 0.25) is 0 Å². The van der Waals surface area contributed by atoms with E-state index in [1.807, 2.05) is 6.07 Å². The van der Waals surface area contributed by atoms with Gasteiger partial charge in [-0.1, -0.05) is 133 Å². The predicted molar refractivity (Wildman–Crippen MR) is 206 cm³/mol. The van der Waals surface area contributed by atoms with Gasteiger partial charge >= 0.3 is 0 Å². The third-order valence-electron chi connectivity index (χ3n) is 10.5. The van der Waals surface area contributed by atoms with E-state index in [1.165, 1.54) is 58.0 Å². The molecule has 0 fully saturated rings. The number of hydrogen-bond donors (Lipinski definition) is 0. The predicted octanol–water partition coefficient (Wildman–Crippen LogP) is 11.8. The minimum absolute atomic E-state index is 0.819. The molecule has 0 saturated heterocycles. The Bertz CT molecular complexity index is 3290. The Kier molecular flexibility index (Phi) is 5.96. The summed E-state index contributed by atoms with van der Waals surface area (Å²) < 4.78 is 9.18. The highest BCUT2D eigenvalue weighted by Gasteiger charge is 2.26. The van der Waals surface area contributed by atoms with Crippen LogP contribution in [0, 0.1) is 41.7 Å². The average Bonchev–Trinajstić information content (AvgIpc) is 3.53. The second-order valence-corrected chi connectivity index (χ2v) is 13.3. The number of hydrogen-bond acceptors (Lipinski definition) is 2. The number of benzene rings is 8. The number of nitrogens with zero attached hydrogens (tertiary/aromatic N) is 2. The van der Waals surface area contributed by atoms with E-state index in [0.29, 0.717) is 0 Å². The third-order valence-corrected chi connectivity index (χ3v) is 10.5. The van der Waals surface area contributed by atoms with Gasteiger partial charge in [-0.05, 0) is 79.0 Å². The molecule has 11 rings (SSSR count). The zero-order chi connectivity index (χ0) is 33.5. The highest BCUT2D eigenvalue weighted by atomic mass is 16.5. The number of ether oxygens (including phenoxy) is 1. The van der Waals surface area contributed by atoms with Crippen LogP contribution in [0.3, 0.4) is 0 Å². The number of anilines is 3. The molecular formula is C48H30N2O. The van der Waals surface area contributed by atoms with Gasteiger partial charge < -0.3 is 14.2 Å². The summed E-state index contributed by atoms with van der Waals surface area (Å²) in [5.41, 5.74) is 6.52. The van der Waals surface area contributed by atoms with Crippen LogP contribution in [0.4, 0.5) is 17.1 Å². The first-order valence-corrected chi connectivity index (χ1v) is 17.4. The summed E-state index contributed by atoms with van der Waals surface area (Å²) in [6.07, 6.45) is 0. The second-order valence-electron chi connectivity index (χ2n) is 13.3. The lowest BCUT2D eigenvalue weighted by Crippen LogP contribution is -2.16. The molecule has 0 amide bonds. The quantitative estimate of drug-likeness (QED) is 0.185.